The van der Waals surface area contributed by atoms with Crippen LogP contribution in [0, 0.1) is 5.41 Å². The van der Waals surface area contributed by atoms with Crippen molar-refractivity contribution in [1.29, 1.82) is 0 Å². The molecule has 3 aromatic rings. The van der Waals surface area contributed by atoms with Crippen LogP contribution in [0.2, 0.25) is 0 Å². The molecule has 0 aliphatic rings. The van der Waals surface area contributed by atoms with Crippen molar-refractivity contribution in [2.75, 3.05) is 0 Å². The average Bonchev–Trinajstić information content (AvgIpc) is 2.78. The van der Waals surface area contributed by atoms with Crippen LogP contribution in [0.25, 0.3) is 0 Å². The summed E-state index contributed by atoms with van der Waals surface area (Å²) in [6, 6.07) is 28.6. The molecule has 0 bridgehead atoms. The molecule has 0 spiro atoms. The van der Waals surface area contributed by atoms with Gasteiger partial charge in [-0.3, -0.25) is 0 Å². The highest BCUT2D eigenvalue weighted by Gasteiger charge is 2.54. The van der Waals surface area contributed by atoms with Crippen LogP contribution in [0.1, 0.15) is 33.3 Å². The molecule has 4 heteroatoms. The molecule has 0 amide bonds. The molecular formula is C27H33O3P. The van der Waals surface area contributed by atoms with Gasteiger partial charge in [-0.05, 0) is 24.3 Å². The summed E-state index contributed by atoms with van der Waals surface area (Å²) >= 11 is 0. The summed E-state index contributed by atoms with van der Waals surface area (Å²) in [6.45, 7) is 7.53. The van der Waals surface area contributed by atoms with E-state index >= 15 is 4.57 Å². The quantitative estimate of drug-likeness (QED) is 0.525. The van der Waals surface area contributed by atoms with Crippen LogP contribution in [0.3, 0.4) is 0 Å². The molecule has 3 aromatic carbocycles. The smallest absolute Gasteiger partial charge is 0.151 e. The summed E-state index contributed by atoms with van der Waals surface area (Å²) in [7, 11) is -3.40. The molecule has 0 saturated carbocycles. The van der Waals surface area contributed by atoms with Crippen molar-refractivity contribution in [2.45, 2.75) is 51.5 Å². The first-order valence-corrected chi connectivity index (χ1v) is 12.4. The number of rotatable bonds is 7. The highest BCUT2D eigenvalue weighted by molar-refractivity contribution is 7.80. The molecule has 3 atom stereocenters. The van der Waals surface area contributed by atoms with Crippen molar-refractivity contribution < 1.29 is 14.8 Å². The molecule has 0 saturated heterocycles. The lowest BCUT2D eigenvalue weighted by Crippen LogP contribution is -2.55. The first-order chi connectivity index (χ1) is 14.6. The van der Waals surface area contributed by atoms with Gasteiger partial charge in [-0.2, -0.15) is 0 Å². The number of hydrogen-bond acceptors (Lipinski definition) is 3. The molecular weight excluding hydrogens is 403 g/mol. The van der Waals surface area contributed by atoms with Crippen molar-refractivity contribution >= 4 is 17.8 Å². The maximum absolute atomic E-state index is 15.2. The van der Waals surface area contributed by atoms with Gasteiger partial charge < -0.3 is 14.8 Å². The summed E-state index contributed by atoms with van der Waals surface area (Å²) < 4.78 is 15.2. The zero-order valence-corrected chi connectivity index (χ0v) is 19.7. The SMILES string of the molecule is CC(C)(C)[C@@H](O)[C@H](O)[C@](C)(Cc1ccccc1)P(=O)(c1ccccc1)c1ccccc1. The van der Waals surface area contributed by atoms with Gasteiger partial charge in [0, 0.05) is 10.6 Å². The van der Waals surface area contributed by atoms with Crippen molar-refractivity contribution in [1.82, 2.24) is 0 Å². The number of aliphatic hydroxyl groups is 2. The van der Waals surface area contributed by atoms with Crippen LogP contribution in [-0.4, -0.2) is 27.6 Å². The standard InChI is InChI=1S/C27H33O3P/c1-26(2,3)24(28)25(29)27(4,20-21-14-8-5-9-15-21)31(30,22-16-10-6-11-17-22)23-18-12-7-13-19-23/h5-19,24-25,28-29H,20H2,1-4H3/t24-,25-,27-/m0/s1. The lowest BCUT2D eigenvalue weighted by molar-refractivity contribution is -0.0605. The molecule has 0 fully saturated rings. The summed E-state index contributed by atoms with van der Waals surface area (Å²) in [5.41, 5.74) is 0.396. The Bertz CT molecular complexity index is 969. The maximum atomic E-state index is 15.2. The first-order valence-electron chi connectivity index (χ1n) is 10.7. The van der Waals surface area contributed by atoms with E-state index in [0.29, 0.717) is 17.0 Å². The Hall–Kier alpha value is -2.19. The molecule has 31 heavy (non-hydrogen) atoms. The van der Waals surface area contributed by atoms with Crippen LogP contribution in [-0.2, 0) is 11.0 Å². The van der Waals surface area contributed by atoms with E-state index in [2.05, 4.69) is 0 Å². The predicted octanol–water partition coefficient (Wildman–Crippen LogP) is 4.77. The molecule has 0 aliphatic carbocycles. The van der Waals surface area contributed by atoms with Crippen molar-refractivity contribution in [3.8, 4) is 0 Å². The fraction of sp³-hybridized carbons (Fsp3) is 0.333. The van der Waals surface area contributed by atoms with Crippen molar-refractivity contribution in [3.63, 3.8) is 0 Å². The van der Waals surface area contributed by atoms with Gasteiger partial charge in [-0.25, -0.2) is 0 Å². The zero-order valence-electron chi connectivity index (χ0n) is 18.8. The third-order valence-corrected chi connectivity index (χ3v) is 10.1. The van der Waals surface area contributed by atoms with Gasteiger partial charge >= 0.3 is 0 Å². The summed E-state index contributed by atoms with van der Waals surface area (Å²) in [6.07, 6.45) is -1.90. The number of aliphatic hydroxyl groups excluding tert-OH is 2. The minimum absolute atomic E-state index is 0.364. The lowest BCUT2D eigenvalue weighted by Gasteiger charge is -2.46. The predicted molar refractivity (Wildman–Crippen MR) is 130 cm³/mol. The summed E-state index contributed by atoms with van der Waals surface area (Å²) in [5, 5.41) is 23.0. The fourth-order valence-electron chi connectivity index (χ4n) is 4.24. The Kier molecular flexibility index (Phi) is 6.91. The van der Waals surface area contributed by atoms with Crippen LogP contribution in [0.4, 0.5) is 0 Å². The summed E-state index contributed by atoms with van der Waals surface area (Å²) in [4.78, 5) is 0. The maximum Gasteiger partial charge on any atom is 0.151 e. The van der Waals surface area contributed by atoms with Gasteiger partial charge in [0.15, 0.2) is 7.14 Å². The Morgan fingerprint density at radius 2 is 1.06 bits per heavy atom. The Morgan fingerprint density at radius 1 is 0.677 bits per heavy atom. The van der Waals surface area contributed by atoms with E-state index < -0.39 is 29.9 Å². The van der Waals surface area contributed by atoms with E-state index in [1.54, 1.807) is 0 Å². The lowest BCUT2D eigenvalue weighted by atomic mass is 9.80. The topological polar surface area (TPSA) is 57.5 Å². The Balaban J connectivity index is 2.29. The minimum atomic E-state index is -3.40. The molecule has 0 heterocycles. The normalized spacial score (nSPS) is 16.3. The van der Waals surface area contributed by atoms with E-state index in [9.17, 15) is 10.2 Å². The van der Waals surface area contributed by atoms with Gasteiger partial charge in [-0.15, -0.1) is 0 Å². The second kappa shape index (κ2) is 9.12. The van der Waals surface area contributed by atoms with Crippen LogP contribution in [0.15, 0.2) is 91.0 Å². The molecule has 0 aliphatic heterocycles. The van der Waals surface area contributed by atoms with Crippen molar-refractivity contribution in [3.05, 3.63) is 96.6 Å². The average molecular weight is 437 g/mol. The first kappa shape index (κ1) is 23.5. The molecule has 3 rings (SSSR count). The Morgan fingerprint density at radius 3 is 1.45 bits per heavy atom. The van der Waals surface area contributed by atoms with Gasteiger partial charge in [-0.1, -0.05) is 112 Å². The third-order valence-electron chi connectivity index (χ3n) is 6.19. The third kappa shape index (κ3) is 4.55. The van der Waals surface area contributed by atoms with Gasteiger partial charge in [0.1, 0.15) is 0 Å². The Labute approximate surface area is 186 Å². The fourth-order valence-corrected chi connectivity index (χ4v) is 7.82. The number of hydrogen-bond donors (Lipinski definition) is 2. The summed E-state index contributed by atoms with van der Waals surface area (Å²) in [5.74, 6) is 0. The highest BCUT2D eigenvalue weighted by atomic mass is 31.2. The van der Waals surface area contributed by atoms with E-state index in [-0.39, 0.29) is 0 Å². The zero-order chi connectivity index (χ0) is 22.7. The van der Waals surface area contributed by atoms with Crippen molar-refractivity contribution in [2.24, 2.45) is 5.41 Å². The van der Waals surface area contributed by atoms with E-state index in [4.69, 9.17) is 0 Å². The van der Waals surface area contributed by atoms with Gasteiger partial charge in [0.25, 0.3) is 0 Å². The molecule has 2 N–H and O–H groups in total. The largest absolute Gasteiger partial charge is 0.390 e. The van der Waals surface area contributed by atoms with E-state index in [1.165, 1.54) is 0 Å². The monoisotopic (exact) mass is 436 g/mol. The van der Waals surface area contributed by atoms with Crippen LogP contribution < -0.4 is 10.6 Å². The molecule has 0 radical (unpaired) electrons. The number of benzene rings is 3. The molecule has 0 unspecified atom stereocenters. The molecule has 164 valence electrons. The second-order valence-corrected chi connectivity index (χ2v) is 12.8. The van der Waals surface area contributed by atoms with Crippen LogP contribution >= 0.6 is 7.14 Å². The highest BCUT2D eigenvalue weighted by Crippen LogP contribution is 2.60. The van der Waals surface area contributed by atoms with E-state index in [1.807, 2.05) is 119 Å². The minimum Gasteiger partial charge on any atom is -0.390 e. The van der Waals surface area contributed by atoms with Gasteiger partial charge in [0.05, 0.1) is 17.4 Å². The molecule has 0 aromatic heterocycles. The van der Waals surface area contributed by atoms with Crippen LogP contribution in [0.5, 0.6) is 0 Å². The van der Waals surface area contributed by atoms with E-state index in [0.717, 1.165) is 5.56 Å². The van der Waals surface area contributed by atoms with Gasteiger partial charge in [0.2, 0.25) is 0 Å². The second-order valence-electron chi connectivity index (χ2n) is 9.56. The molecule has 3 nitrogen and oxygen atoms in total.